The normalized spacial score (nSPS) is 14.4. The first-order valence-electron chi connectivity index (χ1n) is 6.48. The molecule has 1 aromatic heterocycles. The van der Waals surface area contributed by atoms with E-state index in [1.54, 1.807) is 24.3 Å². The van der Waals surface area contributed by atoms with Crippen LogP contribution in [0, 0.1) is 0 Å². The Morgan fingerprint density at radius 2 is 2.00 bits per heavy atom. The number of imide groups is 1. The highest BCUT2D eigenvalue weighted by molar-refractivity contribution is 6.17. The first-order chi connectivity index (χ1) is 10.7. The Morgan fingerprint density at radius 1 is 1.23 bits per heavy atom. The summed E-state index contributed by atoms with van der Waals surface area (Å²) < 4.78 is 0. The summed E-state index contributed by atoms with van der Waals surface area (Å²) >= 11 is 0. The highest BCUT2D eigenvalue weighted by atomic mass is 16.3. The molecule has 2 heterocycles. The monoisotopic (exact) mass is 300 g/mol. The van der Waals surface area contributed by atoms with Gasteiger partial charge < -0.3 is 10.4 Å². The van der Waals surface area contributed by atoms with Gasteiger partial charge in [-0.1, -0.05) is 0 Å². The van der Waals surface area contributed by atoms with Crippen LogP contribution in [-0.2, 0) is 9.59 Å². The maximum Gasteiger partial charge on any atom is 0.277 e. The van der Waals surface area contributed by atoms with Gasteiger partial charge in [-0.05, 0) is 29.5 Å². The summed E-state index contributed by atoms with van der Waals surface area (Å²) in [5, 5.41) is 25.3. The lowest BCUT2D eigenvalue weighted by Gasteiger charge is -2.13. The summed E-state index contributed by atoms with van der Waals surface area (Å²) in [5.74, 6) is -0.432. The lowest BCUT2D eigenvalue weighted by Crippen LogP contribution is -2.34. The smallest absolute Gasteiger partial charge is 0.277 e. The van der Waals surface area contributed by atoms with E-state index in [9.17, 15) is 9.59 Å². The fourth-order valence-corrected chi connectivity index (χ4v) is 2.05. The molecule has 3 N–H and O–H groups in total. The second-order valence-corrected chi connectivity index (χ2v) is 4.51. The van der Waals surface area contributed by atoms with E-state index in [-0.39, 0.29) is 18.8 Å². The fraction of sp³-hybridized carbons (Fsp3) is 0.154. The van der Waals surface area contributed by atoms with E-state index in [1.807, 2.05) is 0 Å². The van der Waals surface area contributed by atoms with E-state index >= 15 is 0 Å². The Kier molecular flexibility index (Phi) is 3.62. The van der Waals surface area contributed by atoms with Crippen LogP contribution in [0.25, 0.3) is 11.4 Å². The number of tetrazole rings is 1. The van der Waals surface area contributed by atoms with Gasteiger partial charge in [-0.25, -0.2) is 0 Å². The molecule has 3 rings (SSSR count). The van der Waals surface area contributed by atoms with E-state index in [1.165, 1.54) is 6.08 Å². The van der Waals surface area contributed by atoms with Crippen molar-refractivity contribution in [2.24, 2.45) is 0 Å². The summed E-state index contributed by atoms with van der Waals surface area (Å²) in [7, 11) is 0. The molecule has 112 valence electrons. The summed E-state index contributed by atoms with van der Waals surface area (Å²) in [4.78, 5) is 24.6. The Labute approximate surface area is 124 Å². The van der Waals surface area contributed by atoms with Crippen molar-refractivity contribution in [2.45, 2.75) is 0 Å². The van der Waals surface area contributed by atoms with Crippen LogP contribution in [0.15, 0.2) is 36.0 Å². The molecular weight excluding hydrogens is 288 g/mol. The number of nitrogens with zero attached hydrogens (tertiary/aromatic N) is 4. The second kappa shape index (κ2) is 5.74. The molecule has 0 saturated heterocycles. The zero-order valence-electron chi connectivity index (χ0n) is 11.4. The number of anilines is 1. The summed E-state index contributed by atoms with van der Waals surface area (Å²) in [6.07, 6.45) is 1.21. The number of aliphatic hydroxyl groups is 1. The number of hydrogen-bond acceptors (Lipinski definition) is 7. The molecule has 0 unspecified atom stereocenters. The average molecular weight is 300 g/mol. The van der Waals surface area contributed by atoms with Gasteiger partial charge in [0.2, 0.25) is 5.82 Å². The zero-order chi connectivity index (χ0) is 15.5. The highest BCUT2D eigenvalue weighted by Crippen LogP contribution is 2.20. The summed E-state index contributed by atoms with van der Waals surface area (Å²) in [5.41, 5.74) is 1.58. The highest BCUT2D eigenvalue weighted by Gasteiger charge is 2.30. The van der Waals surface area contributed by atoms with E-state index < -0.39 is 11.8 Å². The molecular formula is C13H12N6O3. The van der Waals surface area contributed by atoms with Gasteiger partial charge >= 0.3 is 0 Å². The topological polar surface area (TPSA) is 124 Å². The van der Waals surface area contributed by atoms with Crippen LogP contribution in [0.1, 0.15) is 0 Å². The van der Waals surface area contributed by atoms with Crippen molar-refractivity contribution in [3.8, 4) is 11.4 Å². The lowest BCUT2D eigenvalue weighted by molar-refractivity contribution is -0.137. The third-order valence-electron chi connectivity index (χ3n) is 3.10. The molecule has 1 aliphatic rings. The van der Waals surface area contributed by atoms with Gasteiger partial charge in [0.25, 0.3) is 11.8 Å². The molecule has 2 amide bonds. The molecule has 1 aromatic carbocycles. The minimum atomic E-state index is -0.457. The molecule has 0 aliphatic carbocycles. The lowest BCUT2D eigenvalue weighted by atomic mass is 10.2. The average Bonchev–Trinajstić information content (AvgIpc) is 3.13. The Morgan fingerprint density at radius 3 is 2.64 bits per heavy atom. The number of hydrogen-bond donors (Lipinski definition) is 3. The van der Waals surface area contributed by atoms with Gasteiger partial charge in [0, 0.05) is 17.3 Å². The van der Waals surface area contributed by atoms with Crippen LogP contribution >= 0.6 is 0 Å². The van der Waals surface area contributed by atoms with Crippen molar-refractivity contribution < 1.29 is 14.7 Å². The maximum atomic E-state index is 12.0. The third kappa shape index (κ3) is 2.56. The Balaban J connectivity index is 1.73. The van der Waals surface area contributed by atoms with E-state index in [0.29, 0.717) is 11.5 Å². The number of aromatic amines is 1. The number of carbonyl (C=O) groups excluding carboxylic acids is 2. The molecule has 9 nitrogen and oxygen atoms in total. The van der Waals surface area contributed by atoms with Gasteiger partial charge in [-0.3, -0.25) is 14.5 Å². The number of benzene rings is 1. The number of H-pyrrole nitrogens is 1. The van der Waals surface area contributed by atoms with Gasteiger partial charge in [0.1, 0.15) is 5.70 Å². The van der Waals surface area contributed by atoms with Crippen LogP contribution in [0.4, 0.5) is 5.69 Å². The van der Waals surface area contributed by atoms with Gasteiger partial charge in [0.05, 0.1) is 13.2 Å². The molecule has 0 spiro atoms. The Hall–Kier alpha value is -3.07. The van der Waals surface area contributed by atoms with E-state index in [4.69, 9.17) is 5.11 Å². The van der Waals surface area contributed by atoms with E-state index in [0.717, 1.165) is 10.5 Å². The summed E-state index contributed by atoms with van der Waals surface area (Å²) in [6.45, 7) is -0.284. The Bertz CT molecular complexity index is 723. The zero-order valence-corrected chi connectivity index (χ0v) is 11.4. The van der Waals surface area contributed by atoms with Crippen molar-refractivity contribution in [2.75, 3.05) is 18.5 Å². The number of amides is 2. The minimum Gasteiger partial charge on any atom is -0.395 e. The van der Waals surface area contributed by atoms with Gasteiger partial charge in [-0.15, -0.1) is 10.2 Å². The van der Waals surface area contributed by atoms with Crippen LogP contribution in [0.3, 0.4) is 0 Å². The first-order valence-corrected chi connectivity index (χ1v) is 6.48. The summed E-state index contributed by atoms with van der Waals surface area (Å²) in [6, 6.07) is 7.00. The molecule has 0 fully saturated rings. The van der Waals surface area contributed by atoms with Crippen molar-refractivity contribution in [1.82, 2.24) is 25.5 Å². The molecule has 9 heteroatoms. The number of carbonyl (C=O) groups is 2. The largest absolute Gasteiger partial charge is 0.395 e. The maximum absolute atomic E-state index is 12.0. The number of aromatic nitrogens is 4. The quantitative estimate of drug-likeness (QED) is 0.637. The molecule has 0 bridgehead atoms. The molecule has 22 heavy (non-hydrogen) atoms. The van der Waals surface area contributed by atoms with Crippen molar-refractivity contribution in [1.29, 1.82) is 0 Å². The van der Waals surface area contributed by atoms with Crippen LogP contribution in [-0.4, -0.2) is 55.6 Å². The standard InChI is InChI=1S/C13H12N6O3/c20-6-5-19-11(21)7-10(13(19)22)14-9-3-1-8(2-4-9)12-15-17-18-16-12/h1-4,7,14,20H,5-6H2,(H,15,16,17,18). The molecule has 0 atom stereocenters. The first kappa shape index (κ1) is 13.9. The number of aliphatic hydroxyl groups excluding tert-OH is 1. The number of nitrogens with one attached hydrogen (secondary N) is 2. The van der Waals surface area contributed by atoms with E-state index in [2.05, 4.69) is 25.9 Å². The number of rotatable bonds is 5. The van der Waals surface area contributed by atoms with Gasteiger partial charge in [-0.2, -0.15) is 5.21 Å². The fourth-order valence-electron chi connectivity index (χ4n) is 2.05. The second-order valence-electron chi connectivity index (χ2n) is 4.51. The van der Waals surface area contributed by atoms with Crippen LogP contribution < -0.4 is 5.32 Å². The van der Waals surface area contributed by atoms with Crippen LogP contribution in [0.2, 0.25) is 0 Å². The van der Waals surface area contributed by atoms with Crippen LogP contribution in [0.5, 0.6) is 0 Å². The molecule has 1 aliphatic heterocycles. The van der Waals surface area contributed by atoms with Crippen molar-refractivity contribution >= 4 is 17.5 Å². The predicted molar refractivity (Wildman–Crippen MR) is 75.1 cm³/mol. The van der Waals surface area contributed by atoms with Crippen molar-refractivity contribution in [3.63, 3.8) is 0 Å². The minimum absolute atomic E-state index is 0.0177. The molecule has 2 aromatic rings. The number of β-amino-alcohol motifs (C(OH)–C–C–N with tert-alkyl or cyclic N) is 1. The third-order valence-corrected chi connectivity index (χ3v) is 3.10. The predicted octanol–water partition coefficient (Wildman–Crippen LogP) is -0.476. The molecule has 0 radical (unpaired) electrons. The van der Waals surface area contributed by atoms with Crippen molar-refractivity contribution in [3.05, 3.63) is 36.0 Å². The molecule has 0 saturated carbocycles. The van der Waals surface area contributed by atoms with Gasteiger partial charge in [0.15, 0.2) is 0 Å². The SMILES string of the molecule is O=C1C=C(Nc2ccc(-c3nn[nH]n3)cc2)C(=O)N1CCO.